The molecule has 0 radical (unpaired) electrons. The van der Waals surface area contributed by atoms with E-state index in [2.05, 4.69) is 0 Å². The molecule has 2 rings (SSSR count). The van der Waals surface area contributed by atoms with Crippen molar-refractivity contribution >= 4 is 17.6 Å². The summed E-state index contributed by atoms with van der Waals surface area (Å²) in [7, 11) is 0. The van der Waals surface area contributed by atoms with Gasteiger partial charge in [-0.2, -0.15) is 0 Å². The van der Waals surface area contributed by atoms with E-state index in [-0.39, 0.29) is 5.56 Å². The van der Waals surface area contributed by atoms with Gasteiger partial charge >= 0.3 is 5.97 Å². The Balaban J connectivity index is 2.65. The van der Waals surface area contributed by atoms with Gasteiger partial charge in [0.1, 0.15) is 5.82 Å². The van der Waals surface area contributed by atoms with Gasteiger partial charge in [0.05, 0.1) is 5.56 Å². The molecule has 2 aromatic rings. The third kappa shape index (κ3) is 2.36. The molecule has 92 valence electrons. The van der Waals surface area contributed by atoms with E-state index in [0.29, 0.717) is 21.7 Å². The zero-order chi connectivity index (χ0) is 13.3. The van der Waals surface area contributed by atoms with Gasteiger partial charge in [0.2, 0.25) is 0 Å². The lowest BCUT2D eigenvalue weighted by molar-refractivity contribution is 0.0697. The molecule has 2 nitrogen and oxygen atoms in total. The number of carboxylic acids is 1. The molecule has 4 heteroatoms. The van der Waals surface area contributed by atoms with Crippen LogP contribution in [0.4, 0.5) is 4.39 Å². The first-order chi connectivity index (χ1) is 8.49. The molecule has 0 heterocycles. The second kappa shape index (κ2) is 4.78. The lowest BCUT2D eigenvalue weighted by Gasteiger charge is -2.08. The van der Waals surface area contributed by atoms with Crippen LogP contribution in [-0.2, 0) is 0 Å². The number of benzene rings is 2. The van der Waals surface area contributed by atoms with E-state index in [9.17, 15) is 9.18 Å². The highest BCUT2D eigenvalue weighted by molar-refractivity contribution is 6.30. The van der Waals surface area contributed by atoms with Crippen LogP contribution in [0.2, 0.25) is 5.02 Å². The summed E-state index contributed by atoms with van der Waals surface area (Å²) in [6.45, 7) is 1.54. The Kier molecular flexibility index (Phi) is 3.34. The smallest absolute Gasteiger partial charge is 0.336 e. The first kappa shape index (κ1) is 12.6. The van der Waals surface area contributed by atoms with Crippen LogP contribution in [-0.4, -0.2) is 11.1 Å². The molecule has 2 aromatic carbocycles. The molecule has 0 aliphatic heterocycles. The zero-order valence-corrected chi connectivity index (χ0v) is 10.3. The summed E-state index contributed by atoms with van der Waals surface area (Å²) in [4.78, 5) is 11.2. The predicted octanol–water partition coefficient (Wildman–Crippen LogP) is 4.15. The van der Waals surface area contributed by atoms with Crippen molar-refractivity contribution in [3.05, 3.63) is 58.4 Å². The number of hydrogen-bond acceptors (Lipinski definition) is 1. The summed E-state index contributed by atoms with van der Waals surface area (Å²) in [5, 5.41) is 9.69. The number of aromatic carboxylic acids is 1. The normalized spacial score (nSPS) is 10.4. The van der Waals surface area contributed by atoms with Crippen LogP contribution in [0.25, 0.3) is 11.1 Å². The first-order valence-electron chi connectivity index (χ1n) is 5.28. The molecule has 0 saturated heterocycles. The van der Waals surface area contributed by atoms with E-state index in [1.165, 1.54) is 19.1 Å². The molecule has 0 aliphatic carbocycles. The summed E-state index contributed by atoms with van der Waals surface area (Å²) in [5.74, 6) is -1.51. The fourth-order valence-electron chi connectivity index (χ4n) is 1.73. The van der Waals surface area contributed by atoms with Crippen LogP contribution in [0.1, 0.15) is 15.9 Å². The SMILES string of the molecule is Cc1cc(C(=O)O)c(-c2ccc(Cl)cc2)cc1F. The van der Waals surface area contributed by atoms with Crippen molar-refractivity contribution in [2.24, 2.45) is 0 Å². The predicted molar refractivity (Wildman–Crippen MR) is 68.5 cm³/mol. The Bertz CT molecular complexity index is 606. The highest BCUT2D eigenvalue weighted by atomic mass is 35.5. The summed E-state index contributed by atoms with van der Waals surface area (Å²) in [6.07, 6.45) is 0. The van der Waals surface area contributed by atoms with Gasteiger partial charge in [-0.05, 0) is 47.9 Å². The average molecular weight is 265 g/mol. The van der Waals surface area contributed by atoms with E-state index >= 15 is 0 Å². The molecule has 0 fully saturated rings. The van der Waals surface area contributed by atoms with Crippen molar-refractivity contribution in [1.82, 2.24) is 0 Å². The van der Waals surface area contributed by atoms with E-state index in [0.717, 1.165) is 0 Å². The Labute approximate surface area is 109 Å². The number of aryl methyl sites for hydroxylation is 1. The van der Waals surface area contributed by atoms with Gasteiger partial charge in [0.25, 0.3) is 0 Å². The average Bonchev–Trinajstić information content (AvgIpc) is 2.33. The second-order valence-electron chi connectivity index (χ2n) is 3.96. The van der Waals surface area contributed by atoms with Crippen molar-refractivity contribution in [3.8, 4) is 11.1 Å². The van der Waals surface area contributed by atoms with Gasteiger partial charge < -0.3 is 5.11 Å². The van der Waals surface area contributed by atoms with Crippen LogP contribution in [0.3, 0.4) is 0 Å². The van der Waals surface area contributed by atoms with E-state index < -0.39 is 11.8 Å². The lowest BCUT2D eigenvalue weighted by atomic mass is 9.97. The third-order valence-corrected chi connectivity index (χ3v) is 2.94. The quantitative estimate of drug-likeness (QED) is 0.885. The van der Waals surface area contributed by atoms with Crippen LogP contribution >= 0.6 is 11.6 Å². The van der Waals surface area contributed by atoms with Crippen molar-refractivity contribution < 1.29 is 14.3 Å². The monoisotopic (exact) mass is 264 g/mol. The third-order valence-electron chi connectivity index (χ3n) is 2.68. The zero-order valence-electron chi connectivity index (χ0n) is 9.58. The molecule has 1 N–H and O–H groups in total. The molecule has 0 spiro atoms. The topological polar surface area (TPSA) is 37.3 Å². The van der Waals surface area contributed by atoms with Gasteiger partial charge in [0.15, 0.2) is 0 Å². The number of rotatable bonds is 2. The largest absolute Gasteiger partial charge is 0.478 e. The van der Waals surface area contributed by atoms with Crippen LogP contribution in [0, 0.1) is 12.7 Å². The number of carboxylic acid groups (broad SMARTS) is 1. The van der Waals surface area contributed by atoms with Crippen molar-refractivity contribution in [1.29, 1.82) is 0 Å². The highest BCUT2D eigenvalue weighted by Crippen LogP contribution is 2.27. The summed E-state index contributed by atoms with van der Waals surface area (Å²) in [6, 6.07) is 9.18. The Hall–Kier alpha value is -1.87. The standard InChI is InChI=1S/C14H10ClFO2/c1-8-6-12(14(17)18)11(7-13(8)16)9-2-4-10(15)5-3-9/h2-7H,1H3,(H,17,18). The van der Waals surface area contributed by atoms with E-state index in [4.69, 9.17) is 16.7 Å². The van der Waals surface area contributed by atoms with Gasteiger partial charge in [-0.15, -0.1) is 0 Å². The minimum Gasteiger partial charge on any atom is -0.478 e. The number of halogens is 2. The molecule has 18 heavy (non-hydrogen) atoms. The minimum absolute atomic E-state index is 0.0798. The second-order valence-corrected chi connectivity index (χ2v) is 4.40. The molecular weight excluding hydrogens is 255 g/mol. The number of hydrogen-bond donors (Lipinski definition) is 1. The summed E-state index contributed by atoms with van der Waals surface area (Å²) in [5.41, 5.74) is 1.36. The maximum atomic E-state index is 13.6. The van der Waals surface area contributed by atoms with E-state index in [1.807, 2.05) is 0 Å². The molecule has 0 bridgehead atoms. The van der Waals surface area contributed by atoms with Gasteiger partial charge in [0, 0.05) is 5.02 Å². The highest BCUT2D eigenvalue weighted by Gasteiger charge is 2.14. The van der Waals surface area contributed by atoms with Crippen LogP contribution in [0.15, 0.2) is 36.4 Å². The molecule has 0 atom stereocenters. The lowest BCUT2D eigenvalue weighted by Crippen LogP contribution is -2.01. The first-order valence-corrected chi connectivity index (χ1v) is 5.66. The summed E-state index contributed by atoms with van der Waals surface area (Å²) < 4.78 is 13.6. The van der Waals surface area contributed by atoms with Gasteiger partial charge in [-0.1, -0.05) is 23.7 Å². The van der Waals surface area contributed by atoms with Gasteiger partial charge in [-0.25, -0.2) is 9.18 Å². The van der Waals surface area contributed by atoms with Crippen LogP contribution < -0.4 is 0 Å². The molecule has 0 saturated carbocycles. The van der Waals surface area contributed by atoms with E-state index in [1.54, 1.807) is 24.3 Å². The minimum atomic E-state index is -1.08. The molecule has 0 unspecified atom stereocenters. The van der Waals surface area contributed by atoms with Gasteiger partial charge in [-0.3, -0.25) is 0 Å². The fourth-order valence-corrected chi connectivity index (χ4v) is 1.85. The Morgan fingerprint density at radius 2 is 1.83 bits per heavy atom. The van der Waals surface area contributed by atoms with Crippen LogP contribution in [0.5, 0.6) is 0 Å². The van der Waals surface area contributed by atoms with Crippen molar-refractivity contribution in [2.45, 2.75) is 6.92 Å². The maximum Gasteiger partial charge on any atom is 0.336 e. The van der Waals surface area contributed by atoms with Crippen molar-refractivity contribution in [3.63, 3.8) is 0 Å². The van der Waals surface area contributed by atoms with Crippen molar-refractivity contribution in [2.75, 3.05) is 0 Å². The molecule has 0 amide bonds. The summed E-state index contributed by atoms with van der Waals surface area (Å²) >= 11 is 5.77. The molecular formula is C14H10ClFO2. The molecule has 0 aromatic heterocycles. The Morgan fingerprint density at radius 3 is 2.39 bits per heavy atom. The fraction of sp³-hybridized carbons (Fsp3) is 0.0714. The number of carbonyl (C=O) groups is 1. The Morgan fingerprint density at radius 1 is 1.22 bits per heavy atom. The maximum absolute atomic E-state index is 13.6. The molecule has 0 aliphatic rings.